The molecule has 0 radical (unpaired) electrons. The van der Waals surface area contributed by atoms with Gasteiger partial charge in [-0.15, -0.1) is 0 Å². The van der Waals surface area contributed by atoms with E-state index in [1.54, 1.807) is 33.8 Å². The number of alkyl carbamates (subject to hydrolysis) is 1. The van der Waals surface area contributed by atoms with E-state index in [1.807, 2.05) is 39.8 Å². The van der Waals surface area contributed by atoms with E-state index in [4.69, 9.17) is 61.6 Å². The highest BCUT2D eigenvalue weighted by atomic mass is 16.8. The maximum Gasteiger partial charge on any atom is 0.407 e. The average Bonchev–Trinajstić information content (AvgIpc) is 1.68. The van der Waals surface area contributed by atoms with Crippen molar-refractivity contribution in [3.05, 3.63) is 56.9 Å². The Bertz CT molecular complexity index is 2860. The van der Waals surface area contributed by atoms with Crippen LogP contribution in [0.4, 0.5) is 4.79 Å². The Balaban J connectivity index is 0.902. The number of carbonyl (C=O) groups excluding carboxylic acids is 4. The van der Waals surface area contributed by atoms with Crippen molar-refractivity contribution in [3.8, 4) is 0 Å². The van der Waals surface area contributed by atoms with Crippen LogP contribution in [0, 0.1) is 57.0 Å². The zero-order valence-electron chi connectivity index (χ0n) is 55.8. The molecule has 6 aliphatic heterocycles. The first-order valence-electron chi connectivity index (χ1n) is 33.5. The van der Waals surface area contributed by atoms with Gasteiger partial charge >= 0.3 is 18.0 Å². The number of Topliss-reactive ketones (excluding diaryl/α,β-unsaturated/α-hetero) is 1. The van der Waals surface area contributed by atoms with E-state index in [0.717, 1.165) is 12.7 Å². The monoisotopic (exact) mass is 1320 g/mol. The van der Waals surface area contributed by atoms with Gasteiger partial charge in [-0.05, 0) is 110 Å². The molecule has 26 heteroatoms. The number of ether oxygens (including phenoxy) is 13. The highest BCUT2D eigenvalue weighted by Crippen LogP contribution is 2.61. The van der Waals surface area contributed by atoms with E-state index in [-0.39, 0.29) is 50.4 Å². The molecule has 10 aliphatic rings. The Morgan fingerprint density at radius 1 is 0.699 bits per heavy atom. The van der Waals surface area contributed by atoms with Gasteiger partial charge in [0.15, 0.2) is 43.2 Å². The van der Waals surface area contributed by atoms with Crippen molar-refractivity contribution < 1.29 is 111 Å². The van der Waals surface area contributed by atoms with Crippen LogP contribution in [0.2, 0.25) is 0 Å². The van der Waals surface area contributed by atoms with Gasteiger partial charge in [-0.1, -0.05) is 50.6 Å². The molecule has 30 atom stereocenters. The SMILES string of the molecule is COC(=O)N[C@H]1[C@@H](C)O[C@@H](O[C@H]2C/C=C(\C)[C@@H]3C=C[C@@H]4[C@@H](O[C@H]5C[C@@H](O[C@H]6CC[C@@H](O[C@@H]7C[C@@H](O)[C@@H](O[C@H]8CC[C@@H](O)[C@H](C)O8)[C@H](C)O7)[C@H](C)O6)[C@@H](OC(C)=O)[C@H](C)O5)[C@@H](C)C[C@H](C)[C@H]4[C@]3(C)C(O)=C3C(=O)O[C@]4(C[C@H](CO)C[C@H](O)C4/C=C\2C)C3=O)C[C@]1(C)[N+](=O)[O-]. The summed E-state index contributed by atoms with van der Waals surface area (Å²) in [6, 6.07) is -1.11. The molecule has 8 fully saturated rings. The first kappa shape index (κ1) is 71.3. The number of methoxy groups -OCH3 is 1. The minimum atomic E-state index is -2.06. The lowest BCUT2D eigenvalue weighted by atomic mass is 9.49. The van der Waals surface area contributed by atoms with Gasteiger partial charge in [0.2, 0.25) is 11.3 Å². The topological polar surface area (TPSA) is 345 Å². The molecule has 6 saturated heterocycles. The van der Waals surface area contributed by atoms with Crippen molar-refractivity contribution in [1.29, 1.82) is 0 Å². The van der Waals surface area contributed by atoms with Crippen molar-refractivity contribution in [2.24, 2.45) is 46.8 Å². The van der Waals surface area contributed by atoms with Crippen molar-refractivity contribution in [2.45, 2.75) is 288 Å². The van der Waals surface area contributed by atoms with E-state index in [1.165, 1.54) is 13.8 Å². The first-order valence-corrected chi connectivity index (χ1v) is 33.5. The van der Waals surface area contributed by atoms with E-state index in [9.17, 15) is 50.0 Å². The molecule has 0 aromatic carbocycles. The number of allylic oxidation sites excluding steroid dienone is 3. The van der Waals surface area contributed by atoms with E-state index < -0.39 is 216 Å². The number of ketones is 1. The summed E-state index contributed by atoms with van der Waals surface area (Å²) < 4.78 is 81.7. The zero-order chi connectivity index (χ0) is 67.5. The molecule has 522 valence electrons. The largest absolute Gasteiger partial charge is 0.511 e. The molecular weight excluding hydrogens is 1220 g/mol. The van der Waals surface area contributed by atoms with Gasteiger partial charge in [0.25, 0.3) is 0 Å². The van der Waals surface area contributed by atoms with Gasteiger partial charge in [-0.2, -0.15) is 0 Å². The minimum absolute atomic E-state index is 0.0504. The highest BCUT2D eigenvalue weighted by Gasteiger charge is 2.66. The molecule has 2 saturated carbocycles. The lowest BCUT2D eigenvalue weighted by Crippen LogP contribution is -2.65. The number of carbonyl (C=O) groups is 4. The fourth-order valence-electron chi connectivity index (χ4n) is 17.4. The smallest absolute Gasteiger partial charge is 0.407 e. The third kappa shape index (κ3) is 14.2. The summed E-state index contributed by atoms with van der Waals surface area (Å²) in [5, 5.41) is 72.8. The number of nitrogens with one attached hydrogen (secondary N) is 1. The fourth-order valence-corrected chi connectivity index (χ4v) is 17.4. The number of amides is 1. The number of aliphatic hydroxyl groups is 5. The molecule has 2 bridgehead atoms. The third-order valence-corrected chi connectivity index (χ3v) is 22.2. The molecule has 1 amide bonds. The lowest BCUT2D eigenvalue weighted by molar-refractivity contribution is -0.584. The summed E-state index contributed by atoms with van der Waals surface area (Å²) in [7, 11) is 1.15. The van der Waals surface area contributed by atoms with Crippen LogP contribution >= 0.6 is 0 Å². The summed E-state index contributed by atoms with van der Waals surface area (Å²) in [6.45, 7) is 20.8. The lowest BCUT2D eigenvalue weighted by Gasteiger charge is -2.56. The second-order valence-corrected chi connectivity index (χ2v) is 28.7. The fraction of sp³-hybridized carbons (Fsp3) is 0.821. The molecular formula is C67H100N2O24. The number of nitro groups is 1. The number of fused-ring (bicyclic) bond motifs is 4. The van der Waals surface area contributed by atoms with Crippen LogP contribution in [0.25, 0.3) is 0 Å². The molecule has 0 aromatic heterocycles. The van der Waals surface area contributed by atoms with Crippen molar-refractivity contribution in [3.63, 3.8) is 0 Å². The van der Waals surface area contributed by atoms with Gasteiger partial charge in [0.05, 0.1) is 86.6 Å². The molecule has 93 heavy (non-hydrogen) atoms. The van der Waals surface area contributed by atoms with E-state index >= 15 is 4.79 Å². The molecule has 10 rings (SSSR count). The van der Waals surface area contributed by atoms with Crippen LogP contribution in [-0.2, 0) is 76.0 Å². The normalized spacial score (nSPS) is 48.3. The van der Waals surface area contributed by atoms with Crippen LogP contribution < -0.4 is 5.32 Å². The predicted molar refractivity (Wildman–Crippen MR) is 326 cm³/mol. The second kappa shape index (κ2) is 28.5. The number of hydrogen-bond acceptors (Lipinski definition) is 24. The predicted octanol–water partition coefficient (Wildman–Crippen LogP) is 6.23. The summed E-state index contributed by atoms with van der Waals surface area (Å²) >= 11 is 0. The highest BCUT2D eigenvalue weighted by molar-refractivity contribution is 6.26. The average molecular weight is 1320 g/mol. The third-order valence-electron chi connectivity index (χ3n) is 22.2. The van der Waals surface area contributed by atoms with Crippen LogP contribution in [0.3, 0.4) is 0 Å². The van der Waals surface area contributed by atoms with Crippen LogP contribution in [0.15, 0.2) is 46.8 Å². The Hall–Kier alpha value is -4.52. The van der Waals surface area contributed by atoms with Crippen molar-refractivity contribution >= 4 is 23.8 Å². The minimum Gasteiger partial charge on any atom is -0.511 e. The van der Waals surface area contributed by atoms with Crippen molar-refractivity contribution in [2.75, 3.05) is 13.7 Å². The number of hydrogen-bond donors (Lipinski definition) is 6. The Labute approximate surface area is 543 Å². The maximum absolute atomic E-state index is 15.6. The molecule has 1 spiro atoms. The van der Waals surface area contributed by atoms with Gasteiger partial charge in [0, 0.05) is 74.7 Å². The molecule has 26 nitrogen and oxygen atoms in total. The van der Waals surface area contributed by atoms with Gasteiger partial charge in [0.1, 0.15) is 29.6 Å². The summed E-state index contributed by atoms with van der Waals surface area (Å²) in [4.78, 5) is 68.0. The second-order valence-electron chi connectivity index (χ2n) is 28.7. The number of aliphatic hydroxyl groups excluding tert-OH is 5. The van der Waals surface area contributed by atoms with Crippen LogP contribution in [0.1, 0.15) is 154 Å². The molecule has 6 heterocycles. The number of nitrogens with zero attached hydrogens (tertiary/aromatic N) is 1. The maximum atomic E-state index is 15.6. The van der Waals surface area contributed by atoms with Crippen LogP contribution in [0.5, 0.6) is 0 Å². The van der Waals surface area contributed by atoms with Crippen LogP contribution in [-0.4, -0.2) is 202 Å². The summed E-state index contributed by atoms with van der Waals surface area (Å²) in [5.74, 6) is -6.69. The molecule has 6 N–H and O–H groups in total. The van der Waals surface area contributed by atoms with Gasteiger partial charge < -0.3 is 92.4 Å². The van der Waals surface area contributed by atoms with E-state index in [2.05, 4.69) is 25.2 Å². The summed E-state index contributed by atoms with van der Waals surface area (Å²) in [6.07, 6.45) is -5.00. The molecule has 4 aliphatic carbocycles. The Morgan fingerprint density at radius 3 is 1.99 bits per heavy atom. The number of esters is 2. The summed E-state index contributed by atoms with van der Waals surface area (Å²) in [5.41, 5.74) is -4.58. The zero-order valence-corrected chi connectivity index (χ0v) is 55.8. The first-order chi connectivity index (χ1) is 43.9. The van der Waals surface area contributed by atoms with Gasteiger partial charge in [-0.25, -0.2) is 9.59 Å². The Kier molecular flexibility index (Phi) is 21.8. The Morgan fingerprint density at radius 2 is 1.33 bits per heavy atom. The van der Waals surface area contributed by atoms with Gasteiger partial charge in [-0.3, -0.25) is 19.7 Å². The van der Waals surface area contributed by atoms with E-state index in [0.29, 0.717) is 37.7 Å². The molecule has 0 aromatic rings. The molecule has 1 unspecified atom stereocenters. The number of rotatable bonds is 14. The standard InChI is InChI=1S/C67H100N2O24/c1-30-14-18-47(88-54-28-65(11,69(79)80)60(38(9)86-54)68-64(78)81-13)31(2)23-43-45(73)24-40(29-70)27-67(43)62(76)55(63(77)93-67)61(75)66(12)42(30)16-15-41-56(66)32(3)22-33(4)57(41)92-53-26-49(59(37(8)85-53)87-39(10)71)90-50-21-19-48(35(6)83-50)89-52-25-46(74)58(36(7)84-52)91-51-20-17-44(72)34(5)82-51/h14-16,23,32-38,40-54,56-60,70,72-75H,17-22,24-29H2,1-13H3,(H,68,78)/b30-14+,31-23-,61-55?/t32-,33-,34-,35-,36-,37-,38+,40+,41-,42-,43?,44+,45-,46+,47-,48+,49+,50-,51-,52+,53-,54-,56+,57-,58-,59-,60-,65-,66+,67-/m0/s1. The quantitative estimate of drug-likeness (QED) is 0.0280. The van der Waals surface area contributed by atoms with Crippen molar-refractivity contribution in [1.82, 2.24) is 5.32 Å².